The molecule has 1 atom stereocenters. The second kappa shape index (κ2) is 14.7. The van der Waals surface area contributed by atoms with Crippen molar-refractivity contribution in [3.63, 3.8) is 0 Å². The monoisotopic (exact) mass is 322 g/mol. The number of hydrogen-bond acceptors (Lipinski definition) is 5. The molecular weight excluding hydrogens is 295 g/mol. The molecule has 0 aliphatic heterocycles. The van der Waals surface area contributed by atoms with Gasteiger partial charge < -0.3 is 14.2 Å². The van der Waals surface area contributed by atoms with Gasteiger partial charge in [0.05, 0.1) is 31.7 Å². The summed E-state index contributed by atoms with van der Waals surface area (Å²) in [5, 5.41) is -0.791. The van der Waals surface area contributed by atoms with E-state index in [0.29, 0.717) is 26.4 Å². The van der Waals surface area contributed by atoms with Crippen LogP contribution in [0, 0.1) is 0 Å². The minimum atomic E-state index is -3.94. The quantitative estimate of drug-likeness (QED) is 0.308. The van der Waals surface area contributed by atoms with Crippen LogP contribution in [0.4, 0.5) is 0 Å². The Morgan fingerprint density at radius 2 is 1.40 bits per heavy atom. The molecule has 0 rings (SSSR count). The van der Waals surface area contributed by atoms with Crippen LogP contribution in [0.25, 0.3) is 0 Å². The molecule has 0 saturated carbocycles. The van der Waals surface area contributed by atoms with E-state index < -0.39 is 15.4 Å². The van der Waals surface area contributed by atoms with Crippen LogP contribution < -0.4 is 0 Å². The fraction of sp³-hybridized carbons (Fsp3) is 1.00. The summed E-state index contributed by atoms with van der Waals surface area (Å²) in [5.41, 5.74) is 0. The first kappa shape index (κ1) is 23.1. The first-order valence-corrected chi connectivity index (χ1v) is 8.18. The Morgan fingerprint density at radius 3 is 1.85 bits per heavy atom. The number of hydrogen-bond donors (Lipinski definition) is 1. The zero-order valence-electron chi connectivity index (χ0n) is 11.8. The van der Waals surface area contributed by atoms with Gasteiger partial charge in [0.15, 0.2) is 0 Å². The third kappa shape index (κ3) is 15.2. The molecule has 8 heteroatoms. The molecule has 118 valence electrons. The van der Waals surface area contributed by atoms with E-state index in [9.17, 15) is 8.42 Å². The molecule has 0 bridgehead atoms. The van der Waals surface area contributed by atoms with Crippen molar-refractivity contribution in [2.24, 2.45) is 0 Å². The second-order valence-electron chi connectivity index (χ2n) is 4.30. The third-order valence-electron chi connectivity index (χ3n) is 2.56. The van der Waals surface area contributed by atoms with Crippen LogP contribution in [0.2, 0.25) is 0 Å². The van der Waals surface area contributed by atoms with E-state index in [-0.39, 0.29) is 42.6 Å². The van der Waals surface area contributed by atoms with Gasteiger partial charge in [-0.05, 0) is 19.8 Å². The van der Waals surface area contributed by atoms with E-state index in [1.165, 1.54) is 6.92 Å². The summed E-state index contributed by atoms with van der Waals surface area (Å²) in [7, 11) is -3.94. The van der Waals surface area contributed by atoms with E-state index in [4.69, 9.17) is 18.8 Å². The molecule has 0 fully saturated rings. The average molecular weight is 322 g/mol. The molecule has 0 spiro atoms. The van der Waals surface area contributed by atoms with Gasteiger partial charge in [-0.25, -0.2) is 0 Å². The molecule has 0 aromatic rings. The summed E-state index contributed by atoms with van der Waals surface area (Å²) in [6, 6.07) is 0. The van der Waals surface area contributed by atoms with Crippen LogP contribution in [-0.4, -0.2) is 87.4 Å². The van der Waals surface area contributed by atoms with Crippen LogP contribution in [0.15, 0.2) is 0 Å². The van der Waals surface area contributed by atoms with Crippen molar-refractivity contribution >= 4 is 39.7 Å². The van der Waals surface area contributed by atoms with E-state index in [1.54, 1.807) is 0 Å². The maximum atomic E-state index is 10.7. The van der Waals surface area contributed by atoms with Gasteiger partial charge in [0.25, 0.3) is 10.1 Å². The van der Waals surface area contributed by atoms with Crippen LogP contribution in [0.3, 0.4) is 0 Å². The molecule has 20 heavy (non-hydrogen) atoms. The number of unbranched alkanes of at least 4 members (excludes halogenated alkanes) is 1. The Bertz CT molecular complexity index is 296. The van der Waals surface area contributed by atoms with Gasteiger partial charge >= 0.3 is 29.6 Å². The molecule has 0 aromatic heterocycles. The van der Waals surface area contributed by atoms with Gasteiger partial charge in [-0.2, -0.15) is 8.42 Å². The summed E-state index contributed by atoms with van der Waals surface area (Å²) in [6.07, 6.45) is 2.46. The van der Waals surface area contributed by atoms with Gasteiger partial charge in [0, 0.05) is 13.2 Å². The zero-order chi connectivity index (χ0) is 14.6. The van der Waals surface area contributed by atoms with E-state index in [0.717, 1.165) is 19.4 Å². The third-order valence-corrected chi connectivity index (χ3v) is 3.82. The van der Waals surface area contributed by atoms with E-state index in [1.807, 2.05) is 0 Å². The van der Waals surface area contributed by atoms with Crippen LogP contribution in [0.1, 0.15) is 33.1 Å². The molecule has 0 heterocycles. The molecule has 0 aromatic carbocycles. The fourth-order valence-electron chi connectivity index (χ4n) is 1.19. The summed E-state index contributed by atoms with van der Waals surface area (Å²) >= 11 is 0. The van der Waals surface area contributed by atoms with Gasteiger partial charge in [-0.3, -0.25) is 4.55 Å². The molecule has 0 radical (unpaired) electrons. The standard InChI is InChI=1S/C12H26O6S.Na.H/c1-3-4-6-16-8-10-18-11-9-17-7-5-12(2)19(13,14)15;;/h12H,3-11H2,1-2H3,(H,13,14,15);;. The van der Waals surface area contributed by atoms with Crippen LogP contribution in [0.5, 0.6) is 0 Å². The van der Waals surface area contributed by atoms with Crippen molar-refractivity contribution in [1.82, 2.24) is 0 Å². The summed E-state index contributed by atoms with van der Waals surface area (Å²) < 4.78 is 45.9. The molecule has 0 aliphatic carbocycles. The topological polar surface area (TPSA) is 82.1 Å². The summed E-state index contributed by atoms with van der Waals surface area (Å²) in [6.45, 7) is 6.60. The van der Waals surface area contributed by atoms with Crippen molar-refractivity contribution in [3.05, 3.63) is 0 Å². The Morgan fingerprint density at radius 1 is 0.950 bits per heavy atom. The predicted molar refractivity (Wildman–Crippen MR) is 80.1 cm³/mol. The van der Waals surface area contributed by atoms with Crippen molar-refractivity contribution in [2.75, 3.05) is 39.6 Å². The van der Waals surface area contributed by atoms with Gasteiger partial charge in [-0.15, -0.1) is 0 Å². The Hall–Kier alpha value is 0.790. The molecule has 0 saturated heterocycles. The second-order valence-corrected chi connectivity index (χ2v) is 6.14. The molecular formula is C12H27NaO6S. The van der Waals surface area contributed by atoms with Crippen LogP contribution >= 0.6 is 0 Å². The van der Waals surface area contributed by atoms with Crippen LogP contribution in [-0.2, 0) is 24.3 Å². The zero-order valence-corrected chi connectivity index (χ0v) is 12.7. The molecule has 1 N–H and O–H groups in total. The van der Waals surface area contributed by atoms with E-state index in [2.05, 4.69) is 6.92 Å². The maximum absolute atomic E-state index is 10.7. The molecule has 0 amide bonds. The van der Waals surface area contributed by atoms with E-state index >= 15 is 0 Å². The van der Waals surface area contributed by atoms with Crippen molar-refractivity contribution in [1.29, 1.82) is 0 Å². The average Bonchev–Trinajstić information content (AvgIpc) is 2.34. The SMILES string of the molecule is CCCCOCCOCCOCCC(C)S(=O)(=O)O.[NaH]. The summed E-state index contributed by atoms with van der Waals surface area (Å²) in [5.74, 6) is 0. The molecule has 6 nitrogen and oxygen atoms in total. The number of rotatable bonds is 13. The Balaban J connectivity index is 0. The molecule has 1 unspecified atom stereocenters. The molecule has 0 aliphatic rings. The first-order valence-electron chi connectivity index (χ1n) is 6.68. The van der Waals surface area contributed by atoms with Crippen molar-refractivity contribution in [3.8, 4) is 0 Å². The van der Waals surface area contributed by atoms with Gasteiger partial charge in [0.1, 0.15) is 0 Å². The Labute approximate surface area is 144 Å². The minimum absolute atomic E-state index is 0. The Kier molecular flexibility index (Phi) is 17.0. The van der Waals surface area contributed by atoms with Gasteiger partial charge in [-0.1, -0.05) is 13.3 Å². The van der Waals surface area contributed by atoms with Crippen molar-refractivity contribution in [2.45, 2.75) is 38.4 Å². The van der Waals surface area contributed by atoms with Gasteiger partial charge in [0.2, 0.25) is 0 Å². The normalized spacial score (nSPS) is 12.9. The number of ether oxygens (including phenoxy) is 3. The summed E-state index contributed by atoms with van der Waals surface area (Å²) in [4.78, 5) is 0. The first-order chi connectivity index (χ1) is 8.98. The predicted octanol–water partition coefficient (Wildman–Crippen LogP) is 0.854. The fourth-order valence-corrected chi connectivity index (χ4v) is 1.58. The van der Waals surface area contributed by atoms with Crippen molar-refractivity contribution < 1.29 is 27.2 Å².